The molecular formula is C17H19N3O2S. The van der Waals surface area contributed by atoms with Crippen molar-refractivity contribution in [1.29, 1.82) is 0 Å². The Labute approximate surface area is 138 Å². The van der Waals surface area contributed by atoms with Gasteiger partial charge in [0.2, 0.25) is 0 Å². The summed E-state index contributed by atoms with van der Waals surface area (Å²) in [6, 6.07) is 10.6. The van der Waals surface area contributed by atoms with Gasteiger partial charge < -0.3 is 10.2 Å². The summed E-state index contributed by atoms with van der Waals surface area (Å²) in [4.78, 5) is 19.6. The molecule has 0 unspecified atom stereocenters. The molecule has 0 spiro atoms. The van der Waals surface area contributed by atoms with Crippen LogP contribution in [0.15, 0.2) is 47.5 Å². The van der Waals surface area contributed by atoms with E-state index in [-0.39, 0.29) is 5.91 Å². The molecule has 2 heterocycles. The zero-order chi connectivity index (χ0) is 16.2. The Morgan fingerprint density at radius 2 is 1.83 bits per heavy atom. The summed E-state index contributed by atoms with van der Waals surface area (Å²) in [5.41, 5.74) is 1.20. The zero-order valence-corrected chi connectivity index (χ0v) is 13.8. The zero-order valence-electron chi connectivity index (χ0n) is 13.0. The van der Waals surface area contributed by atoms with Gasteiger partial charge in [0.15, 0.2) is 0 Å². The van der Waals surface area contributed by atoms with E-state index in [0.29, 0.717) is 16.1 Å². The van der Waals surface area contributed by atoms with Crippen LogP contribution in [-0.2, 0) is 10.8 Å². The molecule has 1 aromatic carbocycles. The van der Waals surface area contributed by atoms with E-state index in [1.54, 1.807) is 36.7 Å². The summed E-state index contributed by atoms with van der Waals surface area (Å²) < 4.78 is 11.4. The Bertz CT molecular complexity index is 708. The lowest BCUT2D eigenvalue weighted by Crippen LogP contribution is -2.19. The van der Waals surface area contributed by atoms with Crippen LogP contribution < -0.4 is 10.2 Å². The van der Waals surface area contributed by atoms with E-state index in [1.807, 2.05) is 12.1 Å². The molecule has 0 saturated carbocycles. The minimum absolute atomic E-state index is 0.200. The fourth-order valence-electron chi connectivity index (χ4n) is 2.59. The van der Waals surface area contributed by atoms with Crippen LogP contribution in [0.25, 0.3) is 0 Å². The second-order valence-corrected chi connectivity index (χ2v) is 6.91. The number of aromatic nitrogens is 1. The summed E-state index contributed by atoms with van der Waals surface area (Å²) in [7, 11) is -1.04. The third-order valence-electron chi connectivity index (χ3n) is 3.88. The van der Waals surface area contributed by atoms with Crippen molar-refractivity contribution in [2.24, 2.45) is 0 Å². The quantitative estimate of drug-likeness (QED) is 0.937. The van der Waals surface area contributed by atoms with Crippen molar-refractivity contribution in [2.75, 3.05) is 29.6 Å². The molecule has 1 aliphatic rings. The van der Waals surface area contributed by atoms with Gasteiger partial charge in [0, 0.05) is 40.6 Å². The van der Waals surface area contributed by atoms with Gasteiger partial charge in [-0.05, 0) is 49.2 Å². The minimum Gasteiger partial charge on any atom is -0.357 e. The van der Waals surface area contributed by atoms with E-state index in [9.17, 15) is 9.00 Å². The Hall–Kier alpha value is -2.21. The fourth-order valence-corrected chi connectivity index (χ4v) is 3.11. The van der Waals surface area contributed by atoms with Gasteiger partial charge >= 0.3 is 0 Å². The van der Waals surface area contributed by atoms with Crippen LogP contribution in [0, 0.1) is 0 Å². The van der Waals surface area contributed by atoms with Crippen LogP contribution in [-0.4, -0.2) is 34.4 Å². The minimum atomic E-state index is -1.04. The highest BCUT2D eigenvalue weighted by Crippen LogP contribution is 2.19. The van der Waals surface area contributed by atoms with Crippen molar-refractivity contribution >= 4 is 28.2 Å². The largest absolute Gasteiger partial charge is 0.357 e. The van der Waals surface area contributed by atoms with Crippen molar-refractivity contribution in [3.05, 3.63) is 48.2 Å². The molecule has 23 heavy (non-hydrogen) atoms. The average Bonchev–Trinajstić information content (AvgIpc) is 3.10. The van der Waals surface area contributed by atoms with Crippen molar-refractivity contribution in [2.45, 2.75) is 17.7 Å². The molecule has 5 nitrogen and oxygen atoms in total. The number of benzene rings is 1. The Morgan fingerprint density at radius 1 is 1.13 bits per heavy atom. The number of hydrogen-bond acceptors (Lipinski definition) is 4. The molecule has 0 aliphatic carbocycles. The van der Waals surface area contributed by atoms with Crippen LogP contribution in [0.1, 0.15) is 23.2 Å². The highest BCUT2D eigenvalue weighted by molar-refractivity contribution is 7.84. The van der Waals surface area contributed by atoms with Crippen molar-refractivity contribution < 1.29 is 9.00 Å². The first-order chi connectivity index (χ1) is 11.1. The second kappa shape index (κ2) is 6.91. The van der Waals surface area contributed by atoms with Gasteiger partial charge in [-0.3, -0.25) is 9.00 Å². The number of anilines is 2. The Balaban J connectivity index is 1.66. The molecule has 0 radical (unpaired) electrons. The van der Waals surface area contributed by atoms with Crippen LogP contribution in [0.4, 0.5) is 11.5 Å². The fraction of sp³-hybridized carbons (Fsp3) is 0.294. The second-order valence-electron chi connectivity index (χ2n) is 5.53. The number of nitrogens with zero attached hydrogens (tertiary/aromatic N) is 2. The Morgan fingerprint density at radius 3 is 2.39 bits per heavy atom. The number of amides is 1. The molecule has 1 aromatic heterocycles. The van der Waals surface area contributed by atoms with Crippen molar-refractivity contribution in [1.82, 2.24) is 4.98 Å². The van der Waals surface area contributed by atoms with E-state index in [4.69, 9.17) is 0 Å². The SMILES string of the molecule is C[S@@](=O)c1ccc(C(=O)Nc2ccc(N3CCCC3)nc2)cc1. The van der Waals surface area contributed by atoms with Crippen LogP contribution in [0.3, 0.4) is 0 Å². The molecule has 0 bridgehead atoms. The van der Waals surface area contributed by atoms with Gasteiger partial charge in [0.05, 0.1) is 11.9 Å². The first-order valence-corrected chi connectivity index (χ1v) is 9.15. The molecule has 1 saturated heterocycles. The molecule has 1 amide bonds. The van der Waals surface area contributed by atoms with Crippen LogP contribution in [0.2, 0.25) is 0 Å². The number of rotatable bonds is 4. The Kier molecular flexibility index (Phi) is 4.71. The lowest BCUT2D eigenvalue weighted by molar-refractivity contribution is 0.102. The highest BCUT2D eigenvalue weighted by Gasteiger charge is 2.13. The lowest BCUT2D eigenvalue weighted by Gasteiger charge is -2.16. The summed E-state index contributed by atoms with van der Waals surface area (Å²) in [6.45, 7) is 2.09. The molecule has 1 N–H and O–H groups in total. The third kappa shape index (κ3) is 3.76. The van der Waals surface area contributed by atoms with Gasteiger partial charge in [-0.1, -0.05) is 0 Å². The lowest BCUT2D eigenvalue weighted by atomic mass is 10.2. The summed E-state index contributed by atoms with van der Waals surface area (Å²) in [5, 5.41) is 2.83. The van der Waals surface area contributed by atoms with Gasteiger partial charge in [0.25, 0.3) is 5.91 Å². The van der Waals surface area contributed by atoms with E-state index < -0.39 is 10.8 Å². The van der Waals surface area contributed by atoms with Crippen LogP contribution in [0.5, 0.6) is 0 Å². The normalized spacial score (nSPS) is 15.4. The summed E-state index contributed by atoms with van der Waals surface area (Å²) in [6.07, 6.45) is 5.71. The maximum absolute atomic E-state index is 12.2. The molecular weight excluding hydrogens is 310 g/mol. The molecule has 2 aromatic rings. The van der Waals surface area contributed by atoms with Gasteiger partial charge in [0.1, 0.15) is 5.82 Å². The van der Waals surface area contributed by atoms with E-state index in [1.165, 1.54) is 12.8 Å². The van der Waals surface area contributed by atoms with Gasteiger partial charge in [-0.25, -0.2) is 4.98 Å². The number of carbonyl (C=O) groups excluding carboxylic acids is 1. The number of hydrogen-bond donors (Lipinski definition) is 1. The van der Waals surface area contributed by atoms with E-state index >= 15 is 0 Å². The molecule has 1 atom stereocenters. The highest BCUT2D eigenvalue weighted by atomic mass is 32.2. The first kappa shape index (κ1) is 15.7. The number of carbonyl (C=O) groups is 1. The third-order valence-corrected chi connectivity index (χ3v) is 4.82. The molecule has 3 rings (SSSR count). The van der Waals surface area contributed by atoms with Crippen molar-refractivity contribution in [3.63, 3.8) is 0 Å². The van der Waals surface area contributed by atoms with Gasteiger partial charge in [-0.15, -0.1) is 0 Å². The van der Waals surface area contributed by atoms with E-state index in [0.717, 1.165) is 18.9 Å². The smallest absolute Gasteiger partial charge is 0.255 e. The predicted molar refractivity (Wildman–Crippen MR) is 92.4 cm³/mol. The predicted octanol–water partition coefficient (Wildman–Crippen LogP) is 2.67. The molecule has 1 fully saturated rings. The standard InChI is InChI=1S/C17H19N3O2S/c1-23(22)15-7-4-13(5-8-15)17(21)19-14-6-9-16(18-12-14)20-10-2-3-11-20/h4-9,12H,2-3,10-11H2,1H3,(H,19,21)/t23-/m1/s1. The van der Waals surface area contributed by atoms with Crippen molar-refractivity contribution in [3.8, 4) is 0 Å². The topological polar surface area (TPSA) is 62.3 Å². The van der Waals surface area contributed by atoms with E-state index in [2.05, 4.69) is 15.2 Å². The number of nitrogens with one attached hydrogen (secondary N) is 1. The van der Waals surface area contributed by atoms with Crippen LogP contribution >= 0.6 is 0 Å². The average molecular weight is 329 g/mol. The monoisotopic (exact) mass is 329 g/mol. The summed E-state index contributed by atoms with van der Waals surface area (Å²) >= 11 is 0. The summed E-state index contributed by atoms with van der Waals surface area (Å²) in [5.74, 6) is 0.754. The maximum Gasteiger partial charge on any atom is 0.255 e. The molecule has 120 valence electrons. The molecule has 6 heteroatoms. The first-order valence-electron chi connectivity index (χ1n) is 7.59. The molecule has 1 aliphatic heterocycles. The number of pyridine rings is 1. The van der Waals surface area contributed by atoms with Gasteiger partial charge in [-0.2, -0.15) is 0 Å². The maximum atomic E-state index is 12.2.